The maximum absolute atomic E-state index is 11.9. The Labute approximate surface area is 133 Å². The molecule has 2 amide bonds. The van der Waals surface area contributed by atoms with Gasteiger partial charge in [-0.05, 0) is 30.7 Å². The second-order valence-corrected chi connectivity index (χ2v) is 5.20. The maximum atomic E-state index is 11.9. The minimum absolute atomic E-state index is 0.269. The van der Waals surface area contributed by atoms with Gasteiger partial charge in [0.15, 0.2) is 0 Å². The van der Waals surface area contributed by atoms with Gasteiger partial charge < -0.3 is 16.4 Å². The minimum atomic E-state index is -0.761. The number of benzene rings is 2. The van der Waals surface area contributed by atoms with Crippen LogP contribution in [-0.2, 0) is 9.59 Å². The van der Waals surface area contributed by atoms with Crippen LogP contribution in [0.1, 0.15) is 18.5 Å². The van der Waals surface area contributed by atoms with E-state index in [4.69, 9.17) is 17.3 Å². The average Bonchev–Trinajstić information content (AvgIpc) is 2.51. The summed E-state index contributed by atoms with van der Waals surface area (Å²) < 4.78 is 0. The Kier molecular flexibility index (Phi) is 5.01. The zero-order chi connectivity index (χ0) is 16.1. The van der Waals surface area contributed by atoms with Crippen molar-refractivity contribution in [3.05, 3.63) is 59.1 Å². The fourth-order valence-electron chi connectivity index (χ4n) is 1.88. The molecule has 2 rings (SSSR count). The third kappa shape index (κ3) is 3.99. The number of halogens is 1. The molecule has 22 heavy (non-hydrogen) atoms. The van der Waals surface area contributed by atoms with E-state index in [9.17, 15) is 9.59 Å². The van der Waals surface area contributed by atoms with Crippen LogP contribution in [0.3, 0.4) is 0 Å². The predicted octanol–water partition coefficient (Wildman–Crippen LogP) is 2.74. The Hall–Kier alpha value is -2.53. The lowest BCUT2D eigenvalue weighted by Crippen LogP contribution is -2.36. The van der Waals surface area contributed by atoms with E-state index in [1.807, 2.05) is 30.3 Å². The summed E-state index contributed by atoms with van der Waals surface area (Å²) in [6.45, 7) is 1.81. The second kappa shape index (κ2) is 6.95. The van der Waals surface area contributed by atoms with E-state index < -0.39 is 11.8 Å². The molecule has 4 N–H and O–H groups in total. The highest BCUT2D eigenvalue weighted by Crippen LogP contribution is 2.22. The standard InChI is InChI=1S/C16H16ClN3O2/c1-10(11-5-3-2-4-6-11)19-15(21)16(22)20-12-7-8-14(18)13(17)9-12/h2-10H,18H2,1H3,(H,19,21)(H,20,22). The van der Waals surface area contributed by atoms with Crippen molar-refractivity contribution in [3.8, 4) is 0 Å². The van der Waals surface area contributed by atoms with Crippen LogP contribution in [0.5, 0.6) is 0 Å². The van der Waals surface area contributed by atoms with Crippen molar-refractivity contribution in [3.63, 3.8) is 0 Å². The van der Waals surface area contributed by atoms with E-state index in [0.29, 0.717) is 16.4 Å². The zero-order valence-electron chi connectivity index (χ0n) is 12.0. The molecule has 0 fully saturated rings. The summed E-state index contributed by atoms with van der Waals surface area (Å²) in [6, 6.07) is 13.7. The highest BCUT2D eigenvalue weighted by molar-refractivity contribution is 6.40. The normalized spacial score (nSPS) is 11.5. The Morgan fingerprint density at radius 2 is 1.77 bits per heavy atom. The quantitative estimate of drug-likeness (QED) is 0.601. The van der Waals surface area contributed by atoms with E-state index >= 15 is 0 Å². The number of anilines is 2. The Balaban J connectivity index is 1.97. The van der Waals surface area contributed by atoms with Crippen LogP contribution in [0.25, 0.3) is 0 Å². The third-order valence-corrected chi connectivity index (χ3v) is 3.44. The highest BCUT2D eigenvalue weighted by Gasteiger charge is 2.17. The lowest BCUT2D eigenvalue weighted by Gasteiger charge is -2.14. The Bertz CT molecular complexity index is 689. The van der Waals surface area contributed by atoms with Gasteiger partial charge in [0.2, 0.25) is 0 Å². The summed E-state index contributed by atoms with van der Waals surface area (Å²) in [4.78, 5) is 23.8. The molecule has 0 aliphatic rings. The lowest BCUT2D eigenvalue weighted by molar-refractivity contribution is -0.136. The van der Waals surface area contributed by atoms with Gasteiger partial charge in [0, 0.05) is 5.69 Å². The first-order chi connectivity index (χ1) is 10.5. The molecule has 0 saturated carbocycles. The zero-order valence-corrected chi connectivity index (χ0v) is 12.7. The molecule has 2 aromatic carbocycles. The van der Waals surface area contributed by atoms with Crippen LogP contribution in [-0.4, -0.2) is 11.8 Å². The SMILES string of the molecule is CC(NC(=O)C(=O)Nc1ccc(N)c(Cl)c1)c1ccccc1. The summed E-state index contributed by atoms with van der Waals surface area (Å²) in [6.07, 6.45) is 0. The molecular formula is C16H16ClN3O2. The molecular weight excluding hydrogens is 302 g/mol. The molecule has 0 radical (unpaired) electrons. The molecule has 0 spiro atoms. The molecule has 6 heteroatoms. The monoisotopic (exact) mass is 317 g/mol. The number of nitrogens with two attached hydrogens (primary N) is 1. The summed E-state index contributed by atoms with van der Waals surface area (Å²) in [5.74, 6) is -1.48. The van der Waals surface area contributed by atoms with Crippen LogP contribution in [0.4, 0.5) is 11.4 Å². The van der Waals surface area contributed by atoms with Crippen molar-refractivity contribution < 1.29 is 9.59 Å². The number of carbonyl (C=O) groups excluding carboxylic acids is 2. The molecule has 1 atom stereocenters. The van der Waals surface area contributed by atoms with Gasteiger partial charge in [-0.2, -0.15) is 0 Å². The van der Waals surface area contributed by atoms with Crippen LogP contribution < -0.4 is 16.4 Å². The molecule has 0 heterocycles. The molecule has 0 aliphatic carbocycles. The molecule has 0 bridgehead atoms. The fourth-order valence-corrected chi connectivity index (χ4v) is 2.06. The number of amides is 2. The number of hydrogen-bond acceptors (Lipinski definition) is 3. The third-order valence-electron chi connectivity index (χ3n) is 3.11. The van der Waals surface area contributed by atoms with E-state index in [-0.39, 0.29) is 6.04 Å². The summed E-state index contributed by atoms with van der Waals surface area (Å²) in [7, 11) is 0. The van der Waals surface area contributed by atoms with Crippen molar-refractivity contribution in [2.45, 2.75) is 13.0 Å². The fraction of sp³-hybridized carbons (Fsp3) is 0.125. The number of rotatable bonds is 3. The molecule has 0 aliphatic heterocycles. The van der Waals surface area contributed by atoms with Crippen LogP contribution in [0, 0.1) is 0 Å². The molecule has 5 nitrogen and oxygen atoms in total. The summed E-state index contributed by atoms with van der Waals surface area (Å²) in [5, 5.41) is 5.42. The number of nitrogens with one attached hydrogen (secondary N) is 2. The smallest absolute Gasteiger partial charge is 0.313 e. The van der Waals surface area contributed by atoms with Gasteiger partial charge >= 0.3 is 11.8 Å². The van der Waals surface area contributed by atoms with Gasteiger partial charge in [-0.3, -0.25) is 9.59 Å². The number of nitrogen functional groups attached to an aromatic ring is 1. The Morgan fingerprint density at radius 3 is 2.41 bits per heavy atom. The van der Waals surface area contributed by atoms with Crippen LogP contribution in [0.15, 0.2) is 48.5 Å². The summed E-state index contributed by atoms with van der Waals surface area (Å²) >= 11 is 5.86. The van der Waals surface area contributed by atoms with Crippen molar-refractivity contribution in [1.82, 2.24) is 5.32 Å². The summed E-state index contributed by atoms with van der Waals surface area (Å²) in [5.41, 5.74) is 7.32. The first kappa shape index (κ1) is 15.9. The van der Waals surface area contributed by atoms with E-state index in [2.05, 4.69) is 10.6 Å². The van der Waals surface area contributed by atoms with Crippen LogP contribution >= 0.6 is 11.6 Å². The van der Waals surface area contributed by atoms with Gasteiger partial charge in [0.1, 0.15) is 0 Å². The average molecular weight is 318 g/mol. The largest absolute Gasteiger partial charge is 0.398 e. The van der Waals surface area contributed by atoms with Crippen molar-refractivity contribution >= 4 is 34.8 Å². The van der Waals surface area contributed by atoms with Crippen molar-refractivity contribution in [1.29, 1.82) is 0 Å². The number of hydrogen-bond donors (Lipinski definition) is 3. The first-order valence-electron chi connectivity index (χ1n) is 6.69. The molecule has 0 aromatic heterocycles. The number of carbonyl (C=O) groups is 2. The van der Waals surface area contributed by atoms with Crippen molar-refractivity contribution in [2.75, 3.05) is 11.1 Å². The van der Waals surface area contributed by atoms with E-state index in [1.165, 1.54) is 6.07 Å². The van der Waals surface area contributed by atoms with Crippen LogP contribution in [0.2, 0.25) is 5.02 Å². The molecule has 114 valence electrons. The molecule has 2 aromatic rings. The minimum Gasteiger partial charge on any atom is -0.398 e. The van der Waals surface area contributed by atoms with Gasteiger partial charge in [-0.1, -0.05) is 41.9 Å². The predicted molar refractivity (Wildman–Crippen MR) is 87.5 cm³/mol. The first-order valence-corrected chi connectivity index (χ1v) is 7.07. The Morgan fingerprint density at radius 1 is 1.09 bits per heavy atom. The maximum Gasteiger partial charge on any atom is 0.313 e. The highest BCUT2D eigenvalue weighted by atomic mass is 35.5. The van der Waals surface area contributed by atoms with Gasteiger partial charge in [0.05, 0.1) is 16.8 Å². The van der Waals surface area contributed by atoms with Crippen molar-refractivity contribution in [2.24, 2.45) is 0 Å². The topological polar surface area (TPSA) is 84.2 Å². The second-order valence-electron chi connectivity index (χ2n) is 4.80. The molecule has 0 saturated heterocycles. The van der Waals surface area contributed by atoms with E-state index in [1.54, 1.807) is 19.1 Å². The van der Waals surface area contributed by atoms with Gasteiger partial charge in [-0.15, -0.1) is 0 Å². The van der Waals surface area contributed by atoms with E-state index in [0.717, 1.165) is 5.56 Å². The van der Waals surface area contributed by atoms with Gasteiger partial charge in [0.25, 0.3) is 0 Å². The van der Waals surface area contributed by atoms with Gasteiger partial charge in [-0.25, -0.2) is 0 Å². The lowest BCUT2D eigenvalue weighted by atomic mass is 10.1. The molecule has 1 unspecified atom stereocenters.